The van der Waals surface area contributed by atoms with Crippen LogP contribution in [-0.2, 0) is 0 Å². The molecular weight excluding hydrogens is 220 g/mol. The molecule has 2 rings (SSSR count). The maximum atomic E-state index is 3.75. The highest BCUT2D eigenvalue weighted by atomic mass is 15.1. The number of benzene rings is 1. The quantitative estimate of drug-likeness (QED) is 0.859. The zero-order valence-electron chi connectivity index (χ0n) is 11.7. The molecule has 0 aliphatic carbocycles. The predicted molar refractivity (Wildman–Crippen MR) is 77.7 cm³/mol. The average Bonchev–Trinajstić information content (AvgIpc) is 2.41. The van der Waals surface area contributed by atoms with E-state index < -0.39 is 0 Å². The van der Waals surface area contributed by atoms with E-state index in [4.69, 9.17) is 0 Å². The molecule has 0 bridgehead atoms. The molecule has 1 N–H and O–H groups in total. The van der Waals surface area contributed by atoms with E-state index in [2.05, 4.69) is 54.5 Å². The fraction of sp³-hybridized carbons (Fsp3) is 0.625. The molecule has 1 aromatic carbocycles. The first-order valence-electron chi connectivity index (χ1n) is 7.26. The van der Waals surface area contributed by atoms with E-state index in [0.29, 0.717) is 6.04 Å². The highest BCUT2D eigenvalue weighted by Gasteiger charge is 2.18. The maximum Gasteiger partial charge on any atom is 0.0317 e. The van der Waals surface area contributed by atoms with Crippen molar-refractivity contribution >= 4 is 0 Å². The van der Waals surface area contributed by atoms with E-state index in [1.807, 2.05) is 0 Å². The van der Waals surface area contributed by atoms with Crippen LogP contribution in [0.4, 0.5) is 0 Å². The van der Waals surface area contributed by atoms with Crippen molar-refractivity contribution in [3.63, 3.8) is 0 Å². The molecule has 18 heavy (non-hydrogen) atoms. The molecule has 1 aliphatic rings. The summed E-state index contributed by atoms with van der Waals surface area (Å²) in [5, 5.41) is 3.75. The molecule has 0 radical (unpaired) electrons. The molecule has 1 heterocycles. The summed E-state index contributed by atoms with van der Waals surface area (Å²) in [7, 11) is 2.24. The van der Waals surface area contributed by atoms with Crippen LogP contribution in [0.2, 0.25) is 0 Å². The Hall–Kier alpha value is -0.860. The predicted octanol–water partition coefficient (Wildman–Crippen LogP) is 3.07. The van der Waals surface area contributed by atoms with Crippen molar-refractivity contribution in [2.45, 2.75) is 32.2 Å². The van der Waals surface area contributed by atoms with Gasteiger partial charge in [0.05, 0.1) is 0 Å². The first-order valence-corrected chi connectivity index (χ1v) is 7.26. The lowest BCUT2D eigenvalue weighted by Gasteiger charge is -2.31. The van der Waals surface area contributed by atoms with Crippen LogP contribution in [0.3, 0.4) is 0 Å². The van der Waals surface area contributed by atoms with Gasteiger partial charge < -0.3 is 10.2 Å². The molecule has 0 saturated carbocycles. The molecule has 100 valence electrons. The van der Waals surface area contributed by atoms with Gasteiger partial charge in [-0.05, 0) is 50.9 Å². The van der Waals surface area contributed by atoms with Crippen LogP contribution in [0.1, 0.15) is 37.8 Å². The minimum Gasteiger partial charge on any atom is -0.310 e. The summed E-state index contributed by atoms with van der Waals surface area (Å²) in [5.41, 5.74) is 1.42. The molecule has 2 atom stereocenters. The minimum atomic E-state index is 0.512. The summed E-state index contributed by atoms with van der Waals surface area (Å²) in [5.74, 6) is 0.821. The van der Waals surface area contributed by atoms with Gasteiger partial charge in [0, 0.05) is 12.6 Å². The van der Waals surface area contributed by atoms with Crippen LogP contribution in [0.5, 0.6) is 0 Å². The molecule has 1 aliphatic heterocycles. The van der Waals surface area contributed by atoms with Gasteiger partial charge in [0.2, 0.25) is 0 Å². The van der Waals surface area contributed by atoms with E-state index in [-0.39, 0.29) is 0 Å². The third-order valence-corrected chi connectivity index (χ3v) is 3.99. The highest BCUT2D eigenvalue weighted by Crippen LogP contribution is 2.19. The second-order valence-electron chi connectivity index (χ2n) is 5.55. The fourth-order valence-electron chi connectivity index (χ4n) is 2.93. The fourth-order valence-corrected chi connectivity index (χ4v) is 2.93. The molecule has 2 nitrogen and oxygen atoms in total. The van der Waals surface area contributed by atoms with Crippen molar-refractivity contribution in [1.82, 2.24) is 10.2 Å². The Bertz CT molecular complexity index is 336. The van der Waals surface area contributed by atoms with Gasteiger partial charge in [-0.25, -0.2) is 0 Å². The summed E-state index contributed by atoms with van der Waals surface area (Å²) in [6, 6.07) is 11.3. The van der Waals surface area contributed by atoms with Gasteiger partial charge in [0.25, 0.3) is 0 Å². The summed E-state index contributed by atoms with van der Waals surface area (Å²) >= 11 is 0. The molecule has 0 amide bonds. The molecule has 0 spiro atoms. The second kappa shape index (κ2) is 6.91. The Labute approximate surface area is 111 Å². The lowest BCUT2D eigenvalue weighted by atomic mass is 9.97. The average molecular weight is 246 g/mol. The molecular formula is C16H26N2. The minimum absolute atomic E-state index is 0.512. The van der Waals surface area contributed by atoms with E-state index in [0.717, 1.165) is 18.9 Å². The number of hydrogen-bond acceptors (Lipinski definition) is 2. The van der Waals surface area contributed by atoms with Crippen LogP contribution in [-0.4, -0.2) is 31.6 Å². The van der Waals surface area contributed by atoms with Crippen LogP contribution < -0.4 is 5.32 Å². The van der Waals surface area contributed by atoms with Crippen LogP contribution in [0, 0.1) is 5.92 Å². The van der Waals surface area contributed by atoms with Crippen molar-refractivity contribution in [3.05, 3.63) is 35.9 Å². The zero-order valence-corrected chi connectivity index (χ0v) is 11.7. The Morgan fingerprint density at radius 1 is 1.33 bits per heavy atom. The molecule has 1 fully saturated rings. The topological polar surface area (TPSA) is 15.3 Å². The number of hydrogen-bond donors (Lipinski definition) is 1. The highest BCUT2D eigenvalue weighted by molar-refractivity contribution is 5.18. The Kier molecular flexibility index (Phi) is 5.21. The SMILES string of the molecule is CCC(NCC1CCCN(C)C1)c1ccccc1. The van der Waals surface area contributed by atoms with Gasteiger partial charge >= 0.3 is 0 Å². The van der Waals surface area contributed by atoms with Crippen molar-refractivity contribution in [3.8, 4) is 0 Å². The molecule has 1 aromatic rings. The maximum absolute atomic E-state index is 3.75. The lowest BCUT2D eigenvalue weighted by molar-refractivity contribution is 0.202. The van der Waals surface area contributed by atoms with E-state index in [1.54, 1.807) is 0 Å². The third-order valence-electron chi connectivity index (χ3n) is 3.99. The number of likely N-dealkylation sites (tertiary alicyclic amines) is 1. The smallest absolute Gasteiger partial charge is 0.0317 e. The monoisotopic (exact) mass is 246 g/mol. The largest absolute Gasteiger partial charge is 0.310 e. The van der Waals surface area contributed by atoms with Gasteiger partial charge in [-0.2, -0.15) is 0 Å². The number of nitrogens with zero attached hydrogens (tertiary/aromatic N) is 1. The Morgan fingerprint density at radius 2 is 2.11 bits per heavy atom. The summed E-state index contributed by atoms with van der Waals surface area (Å²) < 4.78 is 0. The van der Waals surface area contributed by atoms with Crippen molar-refractivity contribution in [2.75, 3.05) is 26.7 Å². The first kappa shape index (κ1) is 13.6. The van der Waals surface area contributed by atoms with Crippen molar-refractivity contribution in [2.24, 2.45) is 5.92 Å². The van der Waals surface area contributed by atoms with Gasteiger partial charge in [-0.15, -0.1) is 0 Å². The molecule has 2 unspecified atom stereocenters. The van der Waals surface area contributed by atoms with E-state index in [9.17, 15) is 0 Å². The summed E-state index contributed by atoms with van der Waals surface area (Å²) in [6.45, 7) is 5.93. The van der Waals surface area contributed by atoms with Crippen LogP contribution in [0.15, 0.2) is 30.3 Å². The number of nitrogens with one attached hydrogen (secondary N) is 1. The van der Waals surface area contributed by atoms with E-state index >= 15 is 0 Å². The Morgan fingerprint density at radius 3 is 2.78 bits per heavy atom. The van der Waals surface area contributed by atoms with Gasteiger partial charge in [0.15, 0.2) is 0 Å². The van der Waals surface area contributed by atoms with E-state index in [1.165, 1.54) is 31.5 Å². The van der Waals surface area contributed by atoms with Crippen molar-refractivity contribution < 1.29 is 0 Å². The van der Waals surface area contributed by atoms with Crippen LogP contribution >= 0.6 is 0 Å². The van der Waals surface area contributed by atoms with Gasteiger partial charge in [0.1, 0.15) is 0 Å². The molecule has 1 saturated heterocycles. The van der Waals surface area contributed by atoms with Gasteiger partial charge in [-0.3, -0.25) is 0 Å². The third kappa shape index (κ3) is 3.82. The number of piperidine rings is 1. The summed E-state index contributed by atoms with van der Waals surface area (Å²) in [4.78, 5) is 2.46. The Balaban J connectivity index is 1.84. The van der Waals surface area contributed by atoms with Crippen molar-refractivity contribution in [1.29, 1.82) is 0 Å². The summed E-state index contributed by atoms with van der Waals surface area (Å²) in [6.07, 6.45) is 3.89. The van der Waals surface area contributed by atoms with Gasteiger partial charge in [-0.1, -0.05) is 37.3 Å². The zero-order chi connectivity index (χ0) is 12.8. The molecule has 2 heteroatoms. The number of rotatable bonds is 5. The first-order chi connectivity index (χ1) is 8.79. The standard InChI is InChI=1S/C16H26N2/c1-3-16(15-9-5-4-6-10-15)17-12-14-8-7-11-18(2)13-14/h4-6,9-10,14,16-17H,3,7-8,11-13H2,1-2H3. The molecule has 0 aromatic heterocycles. The normalized spacial score (nSPS) is 22.9. The van der Waals surface area contributed by atoms with Crippen LogP contribution in [0.25, 0.3) is 0 Å². The lowest BCUT2D eigenvalue weighted by Crippen LogP contribution is -2.38. The second-order valence-corrected chi connectivity index (χ2v) is 5.55.